The number of alkyl halides is 6. The summed E-state index contributed by atoms with van der Waals surface area (Å²) in [6, 6.07) is 14.8. The van der Waals surface area contributed by atoms with E-state index < -0.39 is 23.5 Å². The van der Waals surface area contributed by atoms with Crippen molar-refractivity contribution in [1.29, 1.82) is 0 Å². The molecule has 0 aliphatic heterocycles. The quantitative estimate of drug-likeness (QED) is 0.114. The van der Waals surface area contributed by atoms with Gasteiger partial charge in [0.1, 0.15) is 5.75 Å². The van der Waals surface area contributed by atoms with Crippen LogP contribution in [0.3, 0.4) is 0 Å². The first-order chi connectivity index (χ1) is 20.4. The van der Waals surface area contributed by atoms with Crippen molar-refractivity contribution in [3.8, 4) is 16.9 Å². The van der Waals surface area contributed by atoms with Gasteiger partial charge in [0.25, 0.3) is 5.91 Å². The fourth-order valence-electron chi connectivity index (χ4n) is 4.32. The molecule has 0 radical (unpaired) electrons. The highest BCUT2D eigenvalue weighted by Gasteiger charge is 2.37. The molecule has 232 valence electrons. The molecule has 3 rings (SSSR count). The minimum Gasteiger partial charge on any atom is -0.494 e. The van der Waals surface area contributed by atoms with Crippen LogP contribution >= 0.6 is 0 Å². The van der Waals surface area contributed by atoms with E-state index in [1.807, 2.05) is 12.1 Å². The number of carbonyl (C=O) groups is 2. The number of benzene rings is 3. The van der Waals surface area contributed by atoms with E-state index in [1.165, 1.54) is 31.4 Å². The van der Waals surface area contributed by atoms with Crippen molar-refractivity contribution in [2.24, 2.45) is 0 Å². The number of nitrogens with one attached hydrogen (secondary N) is 1. The smallest absolute Gasteiger partial charge is 0.416 e. The number of amides is 1. The summed E-state index contributed by atoms with van der Waals surface area (Å²) in [7, 11) is 1.29. The first kappa shape index (κ1) is 33.5. The average molecular weight is 610 g/mol. The third-order valence-electron chi connectivity index (χ3n) is 6.71. The van der Waals surface area contributed by atoms with Crippen molar-refractivity contribution in [3.05, 3.63) is 89.0 Å². The molecule has 11 heteroatoms. The number of carbonyl (C=O) groups excluding carboxylic acids is 2. The first-order valence-corrected chi connectivity index (χ1v) is 13.8. The van der Waals surface area contributed by atoms with Crippen LogP contribution < -0.4 is 10.1 Å². The Bertz CT molecular complexity index is 1300. The number of hydrogen-bond acceptors (Lipinski definition) is 4. The van der Waals surface area contributed by atoms with Gasteiger partial charge in [0, 0.05) is 12.1 Å². The van der Waals surface area contributed by atoms with E-state index in [-0.39, 0.29) is 42.0 Å². The van der Waals surface area contributed by atoms with Gasteiger partial charge in [-0.3, -0.25) is 9.59 Å². The number of hydrogen-bond donors (Lipinski definition) is 1. The topological polar surface area (TPSA) is 64.6 Å². The van der Waals surface area contributed by atoms with Crippen LogP contribution in [0.15, 0.2) is 66.7 Å². The molecule has 0 heterocycles. The highest BCUT2D eigenvalue weighted by molar-refractivity contribution is 5.94. The molecular formula is C32H33F6NO4. The molecule has 0 saturated carbocycles. The Morgan fingerprint density at radius 3 is 1.88 bits per heavy atom. The van der Waals surface area contributed by atoms with E-state index in [1.54, 1.807) is 12.1 Å². The zero-order valence-electron chi connectivity index (χ0n) is 23.6. The van der Waals surface area contributed by atoms with Crippen molar-refractivity contribution in [2.75, 3.05) is 20.3 Å². The second-order valence-corrected chi connectivity index (χ2v) is 9.96. The lowest BCUT2D eigenvalue weighted by atomic mass is 9.99. The van der Waals surface area contributed by atoms with Gasteiger partial charge >= 0.3 is 18.3 Å². The molecular weight excluding hydrogens is 576 g/mol. The van der Waals surface area contributed by atoms with Crippen molar-refractivity contribution in [1.82, 2.24) is 5.32 Å². The van der Waals surface area contributed by atoms with E-state index >= 15 is 0 Å². The molecule has 0 fully saturated rings. The van der Waals surface area contributed by atoms with Gasteiger partial charge in [0.2, 0.25) is 0 Å². The predicted molar refractivity (Wildman–Crippen MR) is 150 cm³/mol. The molecule has 0 unspecified atom stereocenters. The Kier molecular flexibility index (Phi) is 12.0. The Morgan fingerprint density at radius 2 is 1.30 bits per heavy atom. The molecule has 0 atom stereocenters. The van der Waals surface area contributed by atoms with Crippen LogP contribution in [0, 0.1) is 0 Å². The van der Waals surface area contributed by atoms with Crippen molar-refractivity contribution in [2.45, 2.75) is 57.3 Å². The fraction of sp³-hybridized carbons (Fsp3) is 0.375. The number of ether oxygens (including phenoxy) is 2. The summed E-state index contributed by atoms with van der Waals surface area (Å²) in [5.41, 5.74) is -1.03. The summed E-state index contributed by atoms with van der Waals surface area (Å²) in [5, 5.41) is 2.67. The summed E-state index contributed by atoms with van der Waals surface area (Å²) in [6.45, 7) is 0.646. The number of halogens is 6. The maximum atomic E-state index is 13.1. The third kappa shape index (κ3) is 11.0. The van der Waals surface area contributed by atoms with Crippen LogP contribution in [-0.2, 0) is 28.3 Å². The maximum absolute atomic E-state index is 13.1. The summed E-state index contributed by atoms with van der Waals surface area (Å²) in [6.07, 6.45) is -4.08. The van der Waals surface area contributed by atoms with Crippen LogP contribution in [0.25, 0.3) is 11.1 Å². The van der Waals surface area contributed by atoms with E-state index in [2.05, 4.69) is 10.1 Å². The average Bonchev–Trinajstić information content (AvgIpc) is 2.97. The lowest BCUT2D eigenvalue weighted by Crippen LogP contribution is -2.26. The van der Waals surface area contributed by atoms with E-state index in [9.17, 15) is 35.9 Å². The van der Waals surface area contributed by atoms with Gasteiger partial charge < -0.3 is 14.8 Å². The van der Waals surface area contributed by atoms with Gasteiger partial charge in [-0.1, -0.05) is 43.5 Å². The molecule has 43 heavy (non-hydrogen) atoms. The molecule has 0 aliphatic rings. The van der Waals surface area contributed by atoms with Crippen molar-refractivity contribution in [3.63, 3.8) is 0 Å². The zero-order chi connectivity index (χ0) is 31.5. The monoisotopic (exact) mass is 609 g/mol. The molecule has 1 amide bonds. The van der Waals surface area contributed by atoms with Crippen LogP contribution in [0.4, 0.5) is 26.3 Å². The van der Waals surface area contributed by atoms with Crippen molar-refractivity contribution < 1.29 is 45.4 Å². The maximum Gasteiger partial charge on any atom is 0.416 e. The van der Waals surface area contributed by atoms with E-state index in [4.69, 9.17) is 4.74 Å². The van der Waals surface area contributed by atoms with E-state index in [0.29, 0.717) is 30.1 Å². The molecule has 3 aromatic rings. The summed E-state index contributed by atoms with van der Waals surface area (Å²) >= 11 is 0. The van der Waals surface area contributed by atoms with Crippen LogP contribution in [0.1, 0.15) is 65.6 Å². The van der Waals surface area contributed by atoms with Gasteiger partial charge in [-0.2, -0.15) is 26.3 Å². The second kappa shape index (κ2) is 15.5. The van der Waals surface area contributed by atoms with Gasteiger partial charge in [-0.05, 0) is 78.4 Å². The minimum absolute atomic E-state index is 0.111. The SMILES string of the molecule is COC(=O)CCNC(=O)c1ccc(CCCCCCCOc2ccc(-c3cc(C(F)(F)F)cc(C(F)(F)F)c3)cc2)cc1. The third-order valence-corrected chi connectivity index (χ3v) is 6.71. The van der Waals surface area contributed by atoms with Gasteiger partial charge in [-0.15, -0.1) is 0 Å². The summed E-state index contributed by atoms with van der Waals surface area (Å²) < 4.78 is 89.1. The molecule has 1 N–H and O–H groups in total. The van der Waals surface area contributed by atoms with Crippen LogP contribution in [-0.4, -0.2) is 32.1 Å². The van der Waals surface area contributed by atoms with Crippen molar-refractivity contribution >= 4 is 11.9 Å². The predicted octanol–water partition coefficient (Wildman–Crippen LogP) is 8.26. The minimum atomic E-state index is -4.90. The highest BCUT2D eigenvalue weighted by atomic mass is 19.4. The number of esters is 1. The summed E-state index contributed by atoms with van der Waals surface area (Å²) in [4.78, 5) is 23.2. The van der Waals surface area contributed by atoms with Crippen LogP contribution in [0.5, 0.6) is 5.75 Å². The van der Waals surface area contributed by atoms with Gasteiger partial charge in [0.15, 0.2) is 0 Å². The molecule has 0 spiro atoms. The molecule has 0 aromatic heterocycles. The fourth-order valence-corrected chi connectivity index (χ4v) is 4.32. The zero-order valence-corrected chi connectivity index (χ0v) is 23.6. The van der Waals surface area contributed by atoms with Gasteiger partial charge in [-0.25, -0.2) is 0 Å². The molecule has 5 nitrogen and oxygen atoms in total. The largest absolute Gasteiger partial charge is 0.494 e. The Hall–Kier alpha value is -4.02. The highest BCUT2D eigenvalue weighted by Crippen LogP contribution is 2.38. The molecule has 0 saturated heterocycles. The van der Waals surface area contributed by atoms with Gasteiger partial charge in [0.05, 0.1) is 31.3 Å². The number of unbranched alkanes of at least 4 members (excludes halogenated alkanes) is 4. The summed E-state index contributed by atoms with van der Waals surface area (Å²) in [5.74, 6) is -0.153. The Morgan fingerprint density at radius 1 is 0.721 bits per heavy atom. The second-order valence-electron chi connectivity index (χ2n) is 9.96. The lowest BCUT2D eigenvalue weighted by molar-refractivity contribution is -0.143. The van der Waals surface area contributed by atoms with E-state index in [0.717, 1.165) is 44.1 Å². The molecule has 0 aliphatic carbocycles. The normalized spacial score (nSPS) is 11.7. The molecule has 0 bridgehead atoms. The Labute approximate surface area is 246 Å². The molecule has 3 aromatic carbocycles. The number of methoxy groups -OCH3 is 1. The van der Waals surface area contributed by atoms with Crippen LogP contribution in [0.2, 0.25) is 0 Å². The number of rotatable bonds is 14. The lowest BCUT2D eigenvalue weighted by Gasteiger charge is -2.14. The number of aryl methyl sites for hydroxylation is 1. The Balaban J connectivity index is 1.35. The standard InChI is InChI=1S/C32H33F6NO4/c1-42-29(40)16-17-39-30(41)24-10-8-22(9-11-24)7-5-3-2-4-6-18-43-28-14-12-23(13-15-28)25-19-26(31(33,34)35)21-27(20-25)32(36,37)38/h8-15,19-21H,2-7,16-18H2,1H3,(H,39,41). The first-order valence-electron chi connectivity index (χ1n) is 13.8.